The van der Waals surface area contributed by atoms with Crippen molar-refractivity contribution in [2.75, 3.05) is 0 Å². The van der Waals surface area contributed by atoms with Gasteiger partial charge in [0.25, 0.3) is 11.6 Å². The maximum absolute atomic E-state index is 11.8. The first-order chi connectivity index (χ1) is 8.58. The zero-order valence-electron chi connectivity index (χ0n) is 9.92. The van der Waals surface area contributed by atoms with E-state index in [2.05, 4.69) is 5.32 Å². The second-order valence-corrected chi connectivity index (χ2v) is 3.75. The van der Waals surface area contributed by atoms with Gasteiger partial charge in [-0.05, 0) is 12.5 Å². The van der Waals surface area contributed by atoms with Crippen LogP contribution in [0.1, 0.15) is 30.1 Å². The van der Waals surface area contributed by atoms with Crippen LogP contribution in [0.4, 0.5) is 5.69 Å². The maximum Gasteiger partial charge on any atom is 0.270 e. The van der Waals surface area contributed by atoms with Crippen LogP contribution in [-0.2, 0) is 0 Å². The number of nitrogens with zero attached hydrogens (tertiary/aromatic N) is 2. The number of nitriles is 1. The molecule has 1 rings (SSSR count). The second kappa shape index (κ2) is 6.35. The number of carbonyl (C=O) groups excluding carboxylic acids is 1. The molecule has 94 valence electrons. The third kappa shape index (κ3) is 3.56. The predicted molar refractivity (Wildman–Crippen MR) is 64.9 cm³/mol. The maximum atomic E-state index is 11.8. The molecular formula is C12H13N3O3. The van der Waals surface area contributed by atoms with Gasteiger partial charge in [0.15, 0.2) is 0 Å². The number of hydrogen-bond acceptors (Lipinski definition) is 4. The van der Waals surface area contributed by atoms with E-state index < -0.39 is 16.9 Å². The standard InChI is InChI=1S/C12H13N3O3/c1-2-4-10(8-13)14-12(16)9-5-3-6-11(7-9)15(17)18/h3,5-7,10H,2,4H2,1H3,(H,14,16). The first-order valence-corrected chi connectivity index (χ1v) is 5.53. The Kier molecular flexibility index (Phi) is 4.81. The lowest BCUT2D eigenvalue weighted by atomic mass is 10.1. The summed E-state index contributed by atoms with van der Waals surface area (Å²) in [6.07, 6.45) is 1.32. The summed E-state index contributed by atoms with van der Waals surface area (Å²) in [5, 5.41) is 21.9. The highest BCUT2D eigenvalue weighted by Gasteiger charge is 2.14. The number of nitrogens with one attached hydrogen (secondary N) is 1. The number of non-ortho nitro benzene ring substituents is 1. The summed E-state index contributed by atoms with van der Waals surface area (Å²) in [7, 11) is 0. The van der Waals surface area contributed by atoms with Gasteiger partial charge in [-0.25, -0.2) is 0 Å². The van der Waals surface area contributed by atoms with Crippen LogP contribution >= 0.6 is 0 Å². The van der Waals surface area contributed by atoms with E-state index in [1.165, 1.54) is 24.3 Å². The summed E-state index contributed by atoms with van der Waals surface area (Å²) in [6.45, 7) is 1.91. The molecule has 0 saturated heterocycles. The number of benzene rings is 1. The zero-order chi connectivity index (χ0) is 13.5. The minimum absolute atomic E-state index is 0.147. The molecule has 0 bridgehead atoms. The fourth-order valence-corrected chi connectivity index (χ4v) is 1.46. The number of nitro benzene ring substituents is 1. The molecule has 0 heterocycles. The Labute approximate surface area is 104 Å². The number of rotatable bonds is 5. The van der Waals surface area contributed by atoms with E-state index in [0.717, 1.165) is 6.42 Å². The van der Waals surface area contributed by atoms with Crippen LogP contribution in [0.2, 0.25) is 0 Å². The molecule has 0 aliphatic carbocycles. The molecule has 0 aliphatic rings. The average Bonchev–Trinajstić information content (AvgIpc) is 2.38. The molecule has 1 aromatic rings. The SMILES string of the molecule is CCCC(C#N)NC(=O)c1cccc([N+](=O)[O-])c1. The van der Waals surface area contributed by atoms with Crippen molar-refractivity contribution in [3.8, 4) is 6.07 Å². The fourth-order valence-electron chi connectivity index (χ4n) is 1.46. The van der Waals surface area contributed by atoms with Crippen molar-refractivity contribution in [2.45, 2.75) is 25.8 Å². The van der Waals surface area contributed by atoms with Crippen LogP contribution in [0.25, 0.3) is 0 Å². The Morgan fingerprint density at radius 1 is 1.61 bits per heavy atom. The Morgan fingerprint density at radius 2 is 2.33 bits per heavy atom. The summed E-state index contributed by atoms with van der Waals surface area (Å²) in [4.78, 5) is 21.8. The molecule has 0 spiro atoms. The molecule has 0 aromatic heterocycles. The van der Waals surface area contributed by atoms with Gasteiger partial charge in [-0.15, -0.1) is 0 Å². The summed E-state index contributed by atoms with van der Waals surface area (Å²) in [6, 6.07) is 6.82. The zero-order valence-corrected chi connectivity index (χ0v) is 9.92. The first kappa shape index (κ1) is 13.6. The molecule has 18 heavy (non-hydrogen) atoms. The minimum atomic E-state index is -0.568. The third-order valence-corrected chi connectivity index (χ3v) is 2.36. The van der Waals surface area contributed by atoms with E-state index in [1.807, 2.05) is 13.0 Å². The first-order valence-electron chi connectivity index (χ1n) is 5.53. The third-order valence-electron chi connectivity index (χ3n) is 2.36. The smallest absolute Gasteiger partial charge is 0.270 e. The van der Waals surface area contributed by atoms with Crippen LogP contribution < -0.4 is 5.32 Å². The van der Waals surface area contributed by atoms with Crippen LogP contribution in [-0.4, -0.2) is 16.9 Å². The molecule has 1 amide bonds. The van der Waals surface area contributed by atoms with Gasteiger partial charge in [-0.3, -0.25) is 14.9 Å². The van der Waals surface area contributed by atoms with Crippen molar-refractivity contribution < 1.29 is 9.72 Å². The van der Waals surface area contributed by atoms with Crippen molar-refractivity contribution in [3.05, 3.63) is 39.9 Å². The van der Waals surface area contributed by atoms with Gasteiger partial charge < -0.3 is 5.32 Å². The van der Waals surface area contributed by atoms with Gasteiger partial charge >= 0.3 is 0 Å². The van der Waals surface area contributed by atoms with Crippen molar-refractivity contribution in [3.63, 3.8) is 0 Å². The number of carbonyl (C=O) groups is 1. The summed E-state index contributed by atoms with van der Waals surface area (Å²) < 4.78 is 0. The summed E-state index contributed by atoms with van der Waals surface area (Å²) in [5.41, 5.74) is 0.0344. The van der Waals surface area contributed by atoms with Crippen LogP contribution in [0.5, 0.6) is 0 Å². The minimum Gasteiger partial charge on any atom is -0.336 e. The average molecular weight is 247 g/mol. The van der Waals surface area contributed by atoms with Gasteiger partial charge in [0.1, 0.15) is 6.04 Å². The molecule has 0 aliphatic heterocycles. The van der Waals surface area contributed by atoms with E-state index in [4.69, 9.17) is 5.26 Å². The topological polar surface area (TPSA) is 96.0 Å². The van der Waals surface area contributed by atoms with Crippen molar-refractivity contribution in [1.82, 2.24) is 5.32 Å². The van der Waals surface area contributed by atoms with Gasteiger partial charge in [0.05, 0.1) is 11.0 Å². The van der Waals surface area contributed by atoms with Gasteiger partial charge in [-0.1, -0.05) is 19.4 Å². The highest BCUT2D eigenvalue weighted by atomic mass is 16.6. The largest absolute Gasteiger partial charge is 0.336 e. The summed E-state index contributed by atoms with van der Waals surface area (Å²) in [5.74, 6) is -0.473. The fraction of sp³-hybridized carbons (Fsp3) is 0.333. The lowest BCUT2D eigenvalue weighted by Gasteiger charge is -2.10. The van der Waals surface area contributed by atoms with E-state index in [1.54, 1.807) is 0 Å². The lowest BCUT2D eigenvalue weighted by Crippen LogP contribution is -2.33. The quantitative estimate of drug-likeness (QED) is 0.635. The molecular weight excluding hydrogens is 234 g/mol. The van der Waals surface area contributed by atoms with E-state index in [-0.39, 0.29) is 11.3 Å². The van der Waals surface area contributed by atoms with Gasteiger partial charge in [-0.2, -0.15) is 5.26 Å². The Bertz CT molecular complexity index is 494. The van der Waals surface area contributed by atoms with E-state index >= 15 is 0 Å². The van der Waals surface area contributed by atoms with Gasteiger partial charge in [0, 0.05) is 17.7 Å². The Morgan fingerprint density at radius 3 is 2.89 bits per heavy atom. The monoisotopic (exact) mass is 247 g/mol. The predicted octanol–water partition coefficient (Wildman–Crippen LogP) is 2.02. The molecule has 1 N–H and O–H groups in total. The molecule has 6 nitrogen and oxygen atoms in total. The Hall–Kier alpha value is -2.42. The molecule has 0 radical (unpaired) electrons. The second-order valence-electron chi connectivity index (χ2n) is 3.75. The van der Waals surface area contributed by atoms with Crippen LogP contribution in [0.3, 0.4) is 0 Å². The number of nitro groups is 1. The highest BCUT2D eigenvalue weighted by molar-refractivity contribution is 5.95. The van der Waals surface area contributed by atoms with Crippen molar-refractivity contribution in [2.24, 2.45) is 0 Å². The van der Waals surface area contributed by atoms with Gasteiger partial charge in [0.2, 0.25) is 0 Å². The number of amides is 1. The molecule has 1 aromatic carbocycles. The Balaban J connectivity index is 2.81. The lowest BCUT2D eigenvalue weighted by molar-refractivity contribution is -0.384. The van der Waals surface area contributed by atoms with E-state index in [0.29, 0.717) is 6.42 Å². The molecule has 0 saturated carbocycles. The van der Waals surface area contributed by atoms with Crippen LogP contribution in [0.15, 0.2) is 24.3 Å². The van der Waals surface area contributed by atoms with Crippen molar-refractivity contribution >= 4 is 11.6 Å². The molecule has 6 heteroatoms. The van der Waals surface area contributed by atoms with Crippen molar-refractivity contribution in [1.29, 1.82) is 5.26 Å². The summed E-state index contributed by atoms with van der Waals surface area (Å²) >= 11 is 0. The molecule has 0 fully saturated rings. The normalized spacial score (nSPS) is 11.3. The molecule has 1 unspecified atom stereocenters. The van der Waals surface area contributed by atoms with E-state index in [9.17, 15) is 14.9 Å². The highest BCUT2D eigenvalue weighted by Crippen LogP contribution is 2.13. The van der Waals surface area contributed by atoms with Crippen LogP contribution in [0, 0.1) is 21.4 Å². The molecule has 1 atom stereocenters. The number of hydrogen-bond donors (Lipinski definition) is 1.